The lowest BCUT2D eigenvalue weighted by atomic mass is 10.1. The van der Waals surface area contributed by atoms with Crippen molar-refractivity contribution in [3.05, 3.63) is 53.6 Å². The second kappa shape index (κ2) is 7.50. The smallest absolute Gasteiger partial charge is 0.259 e. The highest BCUT2D eigenvalue weighted by molar-refractivity contribution is 6.07. The van der Waals surface area contributed by atoms with Crippen molar-refractivity contribution < 1.29 is 19.1 Å². The van der Waals surface area contributed by atoms with Crippen molar-refractivity contribution in [3.8, 4) is 11.5 Å². The third-order valence-corrected chi connectivity index (χ3v) is 3.42. The Morgan fingerprint density at radius 1 is 1.00 bits per heavy atom. The zero-order chi connectivity index (χ0) is 17.7. The van der Waals surface area contributed by atoms with E-state index in [1.807, 2.05) is 0 Å². The largest absolute Gasteiger partial charge is 0.493 e. The molecule has 0 saturated heterocycles. The van der Waals surface area contributed by atoms with Gasteiger partial charge in [0.25, 0.3) is 11.8 Å². The van der Waals surface area contributed by atoms with Gasteiger partial charge in [0.2, 0.25) is 0 Å². The number of methoxy groups -OCH3 is 2. The van der Waals surface area contributed by atoms with E-state index in [0.717, 1.165) is 0 Å². The van der Waals surface area contributed by atoms with Gasteiger partial charge in [-0.2, -0.15) is 0 Å². The Morgan fingerprint density at radius 2 is 1.71 bits per heavy atom. The molecule has 0 aromatic heterocycles. The van der Waals surface area contributed by atoms with Crippen molar-refractivity contribution in [2.24, 2.45) is 0 Å². The molecule has 1 N–H and O–H groups in total. The van der Waals surface area contributed by atoms with Gasteiger partial charge >= 0.3 is 0 Å². The van der Waals surface area contributed by atoms with Crippen molar-refractivity contribution in [2.75, 3.05) is 33.6 Å². The molecule has 0 unspecified atom stereocenters. The van der Waals surface area contributed by atoms with E-state index in [2.05, 4.69) is 5.32 Å². The molecule has 0 spiro atoms. The Bertz CT molecular complexity index is 756. The number of amides is 2. The molecule has 0 aliphatic carbocycles. The molecule has 126 valence electrons. The molecule has 0 heterocycles. The molecule has 0 saturated carbocycles. The van der Waals surface area contributed by atoms with E-state index in [1.165, 1.54) is 19.1 Å². The normalized spacial score (nSPS) is 10.0. The van der Waals surface area contributed by atoms with Gasteiger partial charge in [-0.05, 0) is 30.3 Å². The Morgan fingerprint density at radius 3 is 2.33 bits per heavy atom. The monoisotopic (exact) mass is 328 g/mol. The number of benzene rings is 2. The van der Waals surface area contributed by atoms with Crippen molar-refractivity contribution >= 4 is 17.5 Å². The molecule has 24 heavy (non-hydrogen) atoms. The highest BCUT2D eigenvalue weighted by Gasteiger charge is 2.17. The second-order valence-electron chi connectivity index (χ2n) is 5.28. The fourth-order valence-corrected chi connectivity index (χ4v) is 2.25. The van der Waals surface area contributed by atoms with Crippen LogP contribution in [0.5, 0.6) is 11.5 Å². The highest BCUT2D eigenvalue weighted by atomic mass is 16.5. The Labute approximate surface area is 141 Å². The number of ether oxygens (including phenoxy) is 2. The SMILES string of the molecule is COc1cccc(C(=O)Nc2cccc(C(=O)N(C)C)c2)c1OC. The maximum atomic E-state index is 12.5. The van der Waals surface area contributed by atoms with Crippen LogP contribution in [0.25, 0.3) is 0 Å². The molecule has 0 fully saturated rings. The summed E-state index contributed by atoms with van der Waals surface area (Å²) < 4.78 is 10.5. The molecule has 0 bridgehead atoms. The second-order valence-corrected chi connectivity index (χ2v) is 5.28. The summed E-state index contributed by atoms with van der Waals surface area (Å²) in [5.74, 6) is 0.352. The summed E-state index contributed by atoms with van der Waals surface area (Å²) in [4.78, 5) is 26.0. The summed E-state index contributed by atoms with van der Waals surface area (Å²) in [5, 5.41) is 2.77. The van der Waals surface area contributed by atoms with Crippen molar-refractivity contribution in [3.63, 3.8) is 0 Å². The Balaban J connectivity index is 2.28. The van der Waals surface area contributed by atoms with Gasteiger partial charge in [0.1, 0.15) is 0 Å². The van der Waals surface area contributed by atoms with Crippen LogP contribution in [0.1, 0.15) is 20.7 Å². The minimum Gasteiger partial charge on any atom is -0.493 e. The molecule has 0 atom stereocenters. The standard InChI is InChI=1S/C18H20N2O4/c1-20(2)18(22)12-7-5-8-13(11-12)19-17(21)14-9-6-10-15(23-3)16(14)24-4/h5-11H,1-4H3,(H,19,21). The summed E-state index contributed by atoms with van der Waals surface area (Å²) in [5.41, 5.74) is 1.37. The van der Waals surface area contributed by atoms with Gasteiger partial charge in [0.05, 0.1) is 19.8 Å². The first-order valence-corrected chi connectivity index (χ1v) is 7.32. The lowest BCUT2D eigenvalue weighted by molar-refractivity contribution is 0.0827. The van der Waals surface area contributed by atoms with Crippen LogP contribution in [0.2, 0.25) is 0 Å². The first-order chi connectivity index (χ1) is 11.5. The van der Waals surface area contributed by atoms with Gasteiger partial charge in [-0.3, -0.25) is 9.59 Å². The summed E-state index contributed by atoms with van der Waals surface area (Å²) in [6.07, 6.45) is 0. The first-order valence-electron chi connectivity index (χ1n) is 7.32. The Kier molecular flexibility index (Phi) is 5.42. The number of para-hydroxylation sites is 1. The number of carbonyl (C=O) groups is 2. The predicted molar refractivity (Wildman–Crippen MR) is 92.0 cm³/mol. The van der Waals surface area contributed by atoms with Gasteiger partial charge in [0, 0.05) is 25.3 Å². The van der Waals surface area contributed by atoms with Gasteiger partial charge in [0.15, 0.2) is 11.5 Å². The molecule has 2 rings (SSSR count). The fourth-order valence-electron chi connectivity index (χ4n) is 2.25. The van der Waals surface area contributed by atoms with Crippen LogP contribution in [0, 0.1) is 0 Å². The molecule has 2 amide bonds. The summed E-state index contributed by atoms with van der Waals surface area (Å²) in [6, 6.07) is 11.8. The number of carbonyl (C=O) groups excluding carboxylic acids is 2. The number of hydrogen-bond acceptors (Lipinski definition) is 4. The molecule has 0 radical (unpaired) electrons. The third-order valence-electron chi connectivity index (χ3n) is 3.42. The van der Waals surface area contributed by atoms with E-state index in [0.29, 0.717) is 28.3 Å². The molecular formula is C18H20N2O4. The van der Waals surface area contributed by atoms with Crippen LogP contribution < -0.4 is 14.8 Å². The van der Waals surface area contributed by atoms with Gasteiger partial charge in [-0.1, -0.05) is 12.1 Å². The number of rotatable bonds is 5. The summed E-state index contributed by atoms with van der Waals surface area (Å²) in [6.45, 7) is 0. The number of anilines is 1. The predicted octanol–water partition coefficient (Wildman–Crippen LogP) is 2.66. The van der Waals surface area contributed by atoms with E-state index in [4.69, 9.17) is 9.47 Å². The Hall–Kier alpha value is -3.02. The maximum Gasteiger partial charge on any atom is 0.259 e. The van der Waals surface area contributed by atoms with Crippen LogP contribution in [-0.2, 0) is 0 Å². The number of nitrogens with one attached hydrogen (secondary N) is 1. The third kappa shape index (κ3) is 3.65. The fraction of sp³-hybridized carbons (Fsp3) is 0.222. The van der Waals surface area contributed by atoms with Crippen LogP contribution >= 0.6 is 0 Å². The van der Waals surface area contributed by atoms with Crippen LogP contribution in [0.4, 0.5) is 5.69 Å². The average molecular weight is 328 g/mol. The number of hydrogen-bond donors (Lipinski definition) is 1. The molecule has 2 aromatic rings. The quantitative estimate of drug-likeness (QED) is 0.916. The van der Waals surface area contributed by atoms with Gasteiger partial charge in [-0.25, -0.2) is 0 Å². The van der Waals surface area contributed by atoms with Crippen LogP contribution in [0.15, 0.2) is 42.5 Å². The molecule has 0 aliphatic rings. The van der Waals surface area contributed by atoms with Crippen molar-refractivity contribution in [2.45, 2.75) is 0 Å². The number of nitrogens with zero attached hydrogens (tertiary/aromatic N) is 1. The minimum absolute atomic E-state index is 0.134. The van der Waals surface area contributed by atoms with Crippen molar-refractivity contribution in [1.82, 2.24) is 4.90 Å². The van der Waals surface area contributed by atoms with Crippen LogP contribution in [0.3, 0.4) is 0 Å². The van der Waals surface area contributed by atoms with E-state index >= 15 is 0 Å². The van der Waals surface area contributed by atoms with Gasteiger partial charge in [-0.15, -0.1) is 0 Å². The lowest BCUT2D eigenvalue weighted by Gasteiger charge is -2.14. The highest BCUT2D eigenvalue weighted by Crippen LogP contribution is 2.31. The molecule has 6 nitrogen and oxygen atoms in total. The molecule has 6 heteroatoms. The lowest BCUT2D eigenvalue weighted by Crippen LogP contribution is -2.22. The topological polar surface area (TPSA) is 67.9 Å². The van der Waals surface area contributed by atoms with E-state index in [-0.39, 0.29) is 11.8 Å². The summed E-state index contributed by atoms with van der Waals surface area (Å²) in [7, 11) is 6.34. The summed E-state index contributed by atoms with van der Waals surface area (Å²) >= 11 is 0. The van der Waals surface area contributed by atoms with Crippen molar-refractivity contribution in [1.29, 1.82) is 0 Å². The molecule has 0 aliphatic heterocycles. The molecule has 2 aromatic carbocycles. The van der Waals surface area contributed by atoms with Crippen LogP contribution in [-0.4, -0.2) is 45.0 Å². The zero-order valence-electron chi connectivity index (χ0n) is 14.1. The minimum atomic E-state index is -0.347. The zero-order valence-corrected chi connectivity index (χ0v) is 14.1. The van der Waals surface area contributed by atoms with Gasteiger partial charge < -0.3 is 19.7 Å². The first kappa shape index (κ1) is 17.3. The van der Waals surface area contributed by atoms with E-state index < -0.39 is 0 Å². The van der Waals surface area contributed by atoms with E-state index in [9.17, 15) is 9.59 Å². The average Bonchev–Trinajstić information content (AvgIpc) is 2.60. The molecular weight excluding hydrogens is 308 g/mol. The van der Waals surface area contributed by atoms with E-state index in [1.54, 1.807) is 56.6 Å². The maximum absolute atomic E-state index is 12.5.